The lowest BCUT2D eigenvalue weighted by Crippen LogP contribution is -2.37. The zero-order chi connectivity index (χ0) is 16.1. The molecule has 0 aliphatic carbocycles. The summed E-state index contributed by atoms with van der Waals surface area (Å²) >= 11 is 0. The first-order chi connectivity index (χ1) is 9.68. The smallest absolute Gasteiger partial charge is 0.332 e. The van der Waals surface area contributed by atoms with E-state index in [-0.39, 0.29) is 17.0 Å². The highest BCUT2D eigenvalue weighted by Crippen LogP contribution is 2.18. The van der Waals surface area contributed by atoms with Crippen LogP contribution >= 0.6 is 0 Å². The van der Waals surface area contributed by atoms with Crippen LogP contribution in [0.15, 0.2) is 9.59 Å². The van der Waals surface area contributed by atoms with Crippen molar-refractivity contribution in [3.8, 4) is 0 Å². The van der Waals surface area contributed by atoms with Crippen LogP contribution in [0.1, 0.15) is 11.7 Å². The van der Waals surface area contributed by atoms with Crippen LogP contribution in [0.25, 0.3) is 11.2 Å². The highest BCUT2D eigenvalue weighted by atomic mass is 16.4. The van der Waals surface area contributed by atoms with Gasteiger partial charge >= 0.3 is 17.6 Å². The molecule has 2 N–H and O–H groups in total. The van der Waals surface area contributed by atoms with E-state index in [1.165, 1.54) is 21.1 Å². The zero-order valence-electron chi connectivity index (χ0n) is 11.4. The Hall–Kier alpha value is -2.91. The molecule has 0 saturated carbocycles. The fourth-order valence-corrected chi connectivity index (χ4v) is 2.12. The Morgan fingerprint density at radius 1 is 1.00 bits per heavy atom. The molecule has 0 saturated heterocycles. The molecule has 0 aliphatic rings. The number of aryl methyl sites for hydroxylation is 2. The van der Waals surface area contributed by atoms with Crippen molar-refractivity contribution in [2.24, 2.45) is 21.1 Å². The summed E-state index contributed by atoms with van der Waals surface area (Å²) in [6, 6.07) is 0. The summed E-state index contributed by atoms with van der Waals surface area (Å²) in [5.41, 5.74) is -1.42. The number of imidazole rings is 1. The normalized spacial score (nSPS) is 11.2. The van der Waals surface area contributed by atoms with Crippen molar-refractivity contribution in [2.45, 2.75) is 5.92 Å². The molecule has 0 radical (unpaired) electrons. The first-order valence-electron chi connectivity index (χ1n) is 5.76. The number of carboxylic acids is 2. The second-order valence-electron chi connectivity index (χ2n) is 4.52. The molecule has 0 fully saturated rings. The molecule has 0 aliphatic heterocycles. The van der Waals surface area contributed by atoms with Crippen LogP contribution in [-0.4, -0.2) is 40.8 Å². The average molecular weight is 296 g/mol. The third kappa shape index (κ3) is 1.91. The summed E-state index contributed by atoms with van der Waals surface area (Å²) in [7, 11) is 3.95. The lowest BCUT2D eigenvalue weighted by Gasteiger charge is -2.07. The van der Waals surface area contributed by atoms with E-state index in [9.17, 15) is 19.2 Å². The fraction of sp³-hybridized carbons (Fsp3) is 0.364. The average Bonchev–Trinajstić information content (AvgIpc) is 2.71. The van der Waals surface area contributed by atoms with Crippen LogP contribution in [0.4, 0.5) is 0 Å². The van der Waals surface area contributed by atoms with Crippen LogP contribution in [-0.2, 0) is 30.7 Å². The van der Waals surface area contributed by atoms with Crippen LogP contribution in [0.2, 0.25) is 0 Å². The van der Waals surface area contributed by atoms with Gasteiger partial charge in [0.25, 0.3) is 5.56 Å². The second-order valence-corrected chi connectivity index (χ2v) is 4.52. The SMILES string of the molecule is Cn1c(=O)c2c(nc(C(C(=O)O)C(=O)O)n2C)n(C)c1=O. The molecule has 0 spiro atoms. The summed E-state index contributed by atoms with van der Waals surface area (Å²) in [6.45, 7) is 0. The van der Waals surface area contributed by atoms with E-state index in [0.29, 0.717) is 0 Å². The van der Waals surface area contributed by atoms with Crippen molar-refractivity contribution in [3.05, 3.63) is 26.7 Å². The number of hydrogen-bond acceptors (Lipinski definition) is 5. The van der Waals surface area contributed by atoms with E-state index in [2.05, 4.69) is 4.98 Å². The largest absolute Gasteiger partial charge is 0.480 e. The predicted octanol–water partition coefficient (Wildman–Crippen LogP) is -1.78. The molecule has 10 nitrogen and oxygen atoms in total. The molecular weight excluding hydrogens is 284 g/mol. The van der Waals surface area contributed by atoms with Crippen LogP contribution < -0.4 is 11.2 Å². The Morgan fingerprint density at radius 3 is 2.00 bits per heavy atom. The number of aliphatic carboxylic acids is 2. The molecule has 0 unspecified atom stereocenters. The molecule has 0 amide bonds. The summed E-state index contributed by atoms with van der Waals surface area (Å²) in [5.74, 6) is -5.48. The Bertz CT molecular complexity index is 873. The van der Waals surface area contributed by atoms with Gasteiger partial charge in [-0.05, 0) is 0 Å². The van der Waals surface area contributed by atoms with Crippen molar-refractivity contribution >= 4 is 23.1 Å². The zero-order valence-corrected chi connectivity index (χ0v) is 11.4. The van der Waals surface area contributed by atoms with E-state index in [4.69, 9.17) is 10.2 Å². The summed E-state index contributed by atoms with van der Waals surface area (Å²) in [4.78, 5) is 49.9. The van der Waals surface area contributed by atoms with Gasteiger partial charge in [0.15, 0.2) is 11.2 Å². The number of carbonyl (C=O) groups is 2. The Labute approximate surface area is 116 Å². The summed E-state index contributed by atoms with van der Waals surface area (Å²) in [5, 5.41) is 18.0. The van der Waals surface area contributed by atoms with Crippen LogP contribution in [0, 0.1) is 0 Å². The number of carboxylic acid groups (broad SMARTS) is 2. The van der Waals surface area contributed by atoms with Crippen molar-refractivity contribution in [3.63, 3.8) is 0 Å². The number of nitrogens with zero attached hydrogens (tertiary/aromatic N) is 4. The molecule has 2 aromatic heterocycles. The fourth-order valence-electron chi connectivity index (χ4n) is 2.12. The van der Waals surface area contributed by atoms with E-state index < -0.39 is 29.1 Å². The lowest BCUT2D eigenvalue weighted by molar-refractivity contribution is -0.150. The molecule has 2 aromatic rings. The Kier molecular flexibility index (Phi) is 3.16. The van der Waals surface area contributed by atoms with E-state index in [1.807, 2.05) is 0 Å². The molecule has 21 heavy (non-hydrogen) atoms. The number of rotatable bonds is 3. The van der Waals surface area contributed by atoms with Gasteiger partial charge in [-0.1, -0.05) is 0 Å². The number of hydrogen-bond donors (Lipinski definition) is 2. The molecule has 0 atom stereocenters. The van der Waals surface area contributed by atoms with Gasteiger partial charge in [-0.15, -0.1) is 0 Å². The van der Waals surface area contributed by atoms with Crippen molar-refractivity contribution in [2.75, 3.05) is 0 Å². The van der Waals surface area contributed by atoms with Gasteiger partial charge in [-0.3, -0.25) is 23.5 Å². The van der Waals surface area contributed by atoms with Gasteiger partial charge < -0.3 is 14.8 Å². The second kappa shape index (κ2) is 4.58. The summed E-state index contributed by atoms with van der Waals surface area (Å²) < 4.78 is 2.98. The van der Waals surface area contributed by atoms with Gasteiger partial charge in [-0.25, -0.2) is 9.78 Å². The van der Waals surface area contributed by atoms with E-state index >= 15 is 0 Å². The third-order valence-electron chi connectivity index (χ3n) is 3.26. The van der Waals surface area contributed by atoms with Gasteiger partial charge in [0.1, 0.15) is 5.82 Å². The van der Waals surface area contributed by atoms with Crippen LogP contribution in [0.3, 0.4) is 0 Å². The Morgan fingerprint density at radius 2 is 1.52 bits per heavy atom. The van der Waals surface area contributed by atoms with Gasteiger partial charge in [0.2, 0.25) is 5.92 Å². The Balaban J connectivity index is 2.97. The highest BCUT2D eigenvalue weighted by Gasteiger charge is 2.34. The maximum absolute atomic E-state index is 12.1. The van der Waals surface area contributed by atoms with Gasteiger partial charge in [0, 0.05) is 21.1 Å². The molecule has 2 heterocycles. The van der Waals surface area contributed by atoms with Crippen molar-refractivity contribution < 1.29 is 19.8 Å². The highest BCUT2D eigenvalue weighted by molar-refractivity contribution is 5.98. The minimum atomic E-state index is -1.93. The molecule has 0 bridgehead atoms. The quantitative estimate of drug-likeness (QED) is 0.639. The van der Waals surface area contributed by atoms with E-state index in [1.54, 1.807) is 0 Å². The van der Waals surface area contributed by atoms with Crippen molar-refractivity contribution in [1.82, 2.24) is 18.7 Å². The molecular formula is C11H12N4O6. The monoisotopic (exact) mass is 296 g/mol. The van der Waals surface area contributed by atoms with Gasteiger partial charge in [-0.2, -0.15) is 0 Å². The van der Waals surface area contributed by atoms with Gasteiger partial charge in [0.05, 0.1) is 0 Å². The topological polar surface area (TPSA) is 136 Å². The molecule has 2 rings (SSSR count). The standard InChI is InChI=1S/C11H12N4O6/c1-13-5-7(14(2)11(21)15(3)8(5)16)12-6(13)4(9(17)18)10(19)20/h4H,1-3H3,(H,17,18)(H,19,20). The lowest BCUT2D eigenvalue weighted by atomic mass is 10.1. The molecule has 112 valence electrons. The van der Waals surface area contributed by atoms with Crippen LogP contribution in [0.5, 0.6) is 0 Å². The summed E-state index contributed by atoms with van der Waals surface area (Å²) in [6.07, 6.45) is 0. The molecule has 0 aromatic carbocycles. The minimum absolute atomic E-state index is 0.0397. The minimum Gasteiger partial charge on any atom is -0.480 e. The number of fused-ring (bicyclic) bond motifs is 1. The van der Waals surface area contributed by atoms with E-state index in [0.717, 1.165) is 13.7 Å². The maximum atomic E-state index is 12.1. The third-order valence-corrected chi connectivity index (χ3v) is 3.26. The first kappa shape index (κ1) is 14.5. The predicted molar refractivity (Wildman–Crippen MR) is 69.2 cm³/mol. The first-order valence-corrected chi connectivity index (χ1v) is 5.76. The maximum Gasteiger partial charge on any atom is 0.332 e. The number of aromatic nitrogens is 4. The molecule has 10 heteroatoms. The van der Waals surface area contributed by atoms with Crippen molar-refractivity contribution in [1.29, 1.82) is 0 Å².